The molecule has 1 saturated heterocycles. The number of nitrogens with two attached hydrogens (primary N) is 2. The minimum Gasteiger partial charge on any atom is -0.480 e. The number of rotatable bonds is 16. The fourth-order valence-corrected chi connectivity index (χ4v) is 4.34. The van der Waals surface area contributed by atoms with Crippen LogP contribution in [0.1, 0.15) is 66.2 Å². The smallest absolute Gasteiger partial charge is 0.326 e. The molecule has 0 bridgehead atoms. The Kier molecular flexibility index (Phi) is 14.3. The van der Waals surface area contributed by atoms with Crippen molar-refractivity contribution in [2.45, 2.75) is 109 Å². The van der Waals surface area contributed by atoms with Gasteiger partial charge in [0.25, 0.3) is 0 Å². The predicted molar refractivity (Wildman–Crippen MR) is 142 cm³/mol. The van der Waals surface area contributed by atoms with Crippen LogP contribution in [0.4, 0.5) is 0 Å². The van der Waals surface area contributed by atoms with E-state index in [1.165, 1.54) is 18.7 Å². The summed E-state index contributed by atoms with van der Waals surface area (Å²) < 4.78 is 0. The molecule has 1 aliphatic heterocycles. The second kappa shape index (κ2) is 16.3. The zero-order valence-corrected chi connectivity index (χ0v) is 23.3. The average molecular weight is 559 g/mol. The highest BCUT2D eigenvalue weighted by molar-refractivity contribution is 5.95. The van der Waals surface area contributed by atoms with E-state index in [9.17, 15) is 39.3 Å². The van der Waals surface area contributed by atoms with Gasteiger partial charge < -0.3 is 47.6 Å². The number of aliphatic hydroxyl groups is 2. The van der Waals surface area contributed by atoms with E-state index in [4.69, 9.17) is 11.5 Å². The second-order valence-corrected chi connectivity index (χ2v) is 10.6. The van der Waals surface area contributed by atoms with Crippen molar-refractivity contribution in [2.24, 2.45) is 17.4 Å². The zero-order valence-electron chi connectivity index (χ0n) is 23.3. The molecule has 14 nitrogen and oxygen atoms in total. The van der Waals surface area contributed by atoms with Gasteiger partial charge in [0, 0.05) is 6.54 Å². The van der Waals surface area contributed by atoms with Crippen molar-refractivity contribution < 1.29 is 39.3 Å². The first kappa shape index (κ1) is 34.2. The molecule has 0 radical (unpaired) electrons. The molecule has 0 aromatic heterocycles. The topological polar surface area (TPSA) is 237 Å². The maximum Gasteiger partial charge on any atom is 0.326 e. The largest absolute Gasteiger partial charge is 0.480 e. The lowest BCUT2D eigenvalue weighted by Crippen LogP contribution is -2.60. The van der Waals surface area contributed by atoms with Gasteiger partial charge in [-0.25, -0.2) is 4.79 Å². The molecule has 0 spiro atoms. The number of carboxylic acid groups (broad SMARTS) is 1. The van der Waals surface area contributed by atoms with Crippen molar-refractivity contribution in [2.75, 3.05) is 13.1 Å². The Labute approximate surface area is 229 Å². The first-order valence-electron chi connectivity index (χ1n) is 13.5. The van der Waals surface area contributed by atoms with Crippen LogP contribution in [0, 0.1) is 5.92 Å². The molecule has 0 aliphatic carbocycles. The van der Waals surface area contributed by atoms with Crippen molar-refractivity contribution in [1.29, 1.82) is 0 Å². The van der Waals surface area contributed by atoms with Crippen LogP contribution >= 0.6 is 0 Å². The van der Waals surface area contributed by atoms with E-state index in [2.05, 4.69) is 16.0 Å². The van der Waals surface area contributed by atoms with E-state index in [0.29, 0.717) is 32.2 Å². The summed E-state index contributed by atoms with van der Waals surface area (Å²) in [5.41, 5.74) is 11.3. The van der Waals surface area contributed by atoms with E-state index < -0.39 is 72.0 Å². The molecule has 14 heteroatoms. The first-order chi connectivity index (χ1) is 18.2. The maximum atomic E-state index is 13.2. The number of amides is 4. The van der Waals surface area contributed by atoms with Crippen LogP contribution in [0.5, 0.6) is 0 Å². The van der Waals surface area contributed by atoms with Gasteiger partial charge in [-0.3, -0.25) is 19.2 Å². The normalized spacial score (nSPS) is 19.9. The van der Waals surface area contributed by atoms with Gasteiger partial charge in [-0.2, -0.15) is 0 Å². The van der Waals surface area contributed by atoms with Crippen LogP contribution < -0.4 is 27.4 Å². The standard InChI is InChI=1S/C25H46N6O8/c1-13(2)12-17(25(38)39)29-23(36)20(15(4)33)30-21(34)16(8-5-6-10-26)28-22(35)18-9-7-11-31(18)24(37)19(27)14(3)32/h13-20,32-33H,5-12,26-27H2,1-4H3,(H,28,35)(H,29,36)(H,30,34)(H,38,39)/t14-,15-,16+,17+,18+,19+,20+/m1/s1. The SMILES string of the molecule is CC(C)C[C@H](NC(=O)[C@@H](NC(=O)[C@H](CCCCN)NC(=O)[C@@H]1CCCN1C(=O)[C@@H](N)[C@@H](C)O)[C@@H](C)O)C(=O)O. The molecule has 0 saturated carbocycles. The minimum atomic E-state index is -1.48. The number of hydrogen-bond donors (Lipinski definition) is 8. The monoisotopic (exact) mass is 558 g/mol. The lowest BCUT2D eigenvalue weighted by Gasteiger charge is -2.30. The summed E-state index contributed by atoms with van der Waals surface area (Å²) in [7, 11) is 0. The number of nitrogens with zero attached hydrogens (tertiary/aromatic N) is 1. The van der Waals surface area contributed by atoms with Crippen LogP contribution in [0.25, 0.3) is 0 Å². The van der Waals surface area contributed by atoms with E-state index in [0.717, 1.165) is 0 Å². The van der Waals surface area contributed by atoms with E-state index in [1.54, 1.807) is 13.8 Å². The van der Waals surface area contributed by atoms with Crippen molar-refractivity contribution in [3.05, 3.63) is 0 Å². The number of nitrogens with one attached hydrogen (secondary N) is 3. The fourth-order valence-electron chi connectivity index (χ4n) is 4.34. The molecule has 1 fully saturated rings. The summed E-state index contributed by atoms with van der Waals surface area (Å²) in [5, 5.41) is 36.8. The molecule has 1 aliphatic rings. The van der Waals surface area contributed by atoms with Gasteiger partial charge in [-0.05, 0) is 64.8 Å². The van der Waals surface area contributed by atoms with Gasteiger partial charge >= 0.3 is 5.97 Å². The Morgan fingerprint density at radius 3 is 2.08 bits per heavy atom. The Morgan fingerprint density at radius 2 is 1.56 bits per heavy atom. The summed E-state index contributed by atoms with van der Waals surface area (Å²) in [5.74, 6) is -4.08. The van der Waals surface area contributed by atoms with Crippen LogP contribution in [0.15, 0.2) is 0 Å². The summed E-state index contributed by atoms with van der Waals surface area (Å²) in [6.45, 7) is 6.87. The third kappa shape index (κ3) is 10.7. The van der Waals surface area contributed by atoms with Gasteiger partial charge in [-0.1, -0.05) is 13.8 Å². The Hall–Kier alpha value is -2.81. The molecule has 1 heterocycles. The lowest BCUT2D eigenvalue weighted by atomic mass is 10.0. The molecule has 0 aromatic rings. The molecule has 39 heavy (non-hydrogen) atoms. The highest BCUT2D eigenvalue weighted by Gasteiger charge is 2.39. The van der Waals surface area contributed by atoms with Crippen molar-refractivity contribution in [1.82, 2.24) is 20.9 Å². The van der Waals surface area contributed by atoms with Gasteiger partial charge in [-0.15, -0.1) is 0 Å². The number of unbranched alkanes of at least 4 members (excludes halogenated alkanes) is 1. The fraction of sp³-hybridized carbons (Fsp3) is 0.800. The van der Waals surface area contributed by atoms with Crippen LogP contribution in [-0.4, -0.2) is 105 Å². The average Bonchev–Trinajstić information content (AvgIpc) is 3.34. The summed E-state index contributed by atoms with van der Waals surface area (Å²) in [6.07, 6.45) is -0.258. The van der Waals surface area contributed by atoms with Crippen LogP contribution in [0.3, 0.4) is 0 Å². The number of aliphatic carboxylic acids is 1. The zero-order chi connectivity index (χ0) is 29.9. The number of likely N-dealkylation sites (tertiary alicyclic amines) is 1. The summed E-state index contributed by atoms with van der Waals surface area (Å²) in [4.78, 5) is 64.8. The first-order valence-corrected chi connectivity index (χ1v) is 13.5. The molecule has 0 unspecified atom stereocenters. The van der Waals surface area contributed by atoms with E-state index >= 15 is 0 Å². The number of carbonyl (C=O) groups excluding carboxylic acids is 4. The van der Waals surface area contributed by atoms with E-state index in [-0.39, 0.29) is 25.3 Å². The molecular weight excluding hydrogens is 512 g/mol. The number of aliphatic hydroxyl groups excluding tert-OH is 2. The molecule has 4 amide bonds. The maximum absolute atomic E-state index is 13.2. The van der Waals surface area contributed by atoms with Gasteiger partial charge in [0.2, 0.25) is 23.6 Å². The Morgan fingerprint density at radius 1 is 0.923 bits per heavy atom. The predicted octanol–water partition coefficient (Wildman–Crippen LogP) is -2.22. The molecule has 224 valence electrons. The van der Waals surface area contributed by atoms with Gasteiger partial charge in [0.05, 0.1) is 12.2 Å². The van der Waals surface area contributed by atoms with Crippen molar-refractivity contribution >= 4 is 29.6 Å². The third-order valence-electron chi connectivity index (χ3n) is 6.61. The van der Waals surface area contributed by atoms with E-state index in [1.807, 2.05) is 0 Å². The number of carbonyl (C=O) groups is 5. The van der Waals surface area contributed by atoms with Gasteiger partial charge in [0.1, 0.15) is 30.2 Å². The second-order valence-electron chi connectivity index (χ2n) is 10.6. The quantitative estimate of drug-likeness (QED) is 0.0949. The highest BCUT2D eigenvalue weighted by Crippen LogP contribution is 2.19. The molecule has 10 N–H and O–H groups in total. The third-order valence-corrected chi connectivity index (χ3v) is 6.61. The Bertz CT molecular complexity index is 852. The summed E-state index contributed by atoms with van der Waals surface area (Å²) in [6, 6.07) is -5.90. The number of carboxylic acids is 1. The molecule has 1 rings (SSSR count). The van der Waals surface area contributed by atoms with Crippen molar-refractivity contribution in [3.8, 4) is 0 Å². The molecule has 7 atom stereocenters. The van der Waals surface area contributed by atoms with Gasteiger partial charge in [0.15, 0.2) is 0 Å². The Balaban J connectivity index is 3.04. The molecular formula is C25H46N6O8. The van der Waals surface area contributed by atoms with Crippen LogP contribution in [-0.2, 0) is 24.0 Å². The molecule has 0 aromatic carbocycles. The lowest BCUT2D eigenvalue weighted by molar-refractivity contribution is -0.143. The van der Waals surface area contributed by atoms with Crippen molar-refractivity contribution in [3.63, 3.8) is 0 Å². The van der Waals surface area contributed by atoms with Crippen LogP contribution in [0.2, 0.25) is 0 Å². The number of hydrogen-bond acceptors (Lipinski definition) is 9. The highest BCUT2D eigenvalue weighted by atomic mass is 16.4. The minimum absolute atomic E-state index is 0.0368. The summed E-state index contributed by atoms with van der Waals surface area (Å²) >= 11 is 0.